The Morgan fingerprint density at radius 3 is 2.62 bits per heavy atom. The minimum Gasteiger partial charge on any atom is -0.480 e. The van der Waals surface area contributed by atoms with Crippen molar-refractivity contribution in [3.63, 3.8) is 0 Å². The molecule has 0 amide bonds. The van der Waals surface area contributed by atoms with Crippen molar-refractivity contribution in [3.05, 3.63) is 10.5 Å². The Morgan fingerprint density at radius 2 is 2.14 bits per heavy atom. The highest BCUT2D eigenvalue weighted by atomic mass is 32.2. The first-order valence-electron chi connectivity index (χ1n) is 7.03. The van der Waals surface area contributed by atoms with Gasteiger partial charge in [0.05, 0.1) is 0 Å². The number of carbonyl (C=O) groups is 1. The predicted octanol–water partition coefficient (Wildman–Crippen LogP) is 1.48. The lowest BCUT2D eigenvalue weighted by molar-refractivity contribution is -0.144. The van der Waals surface area contributed by atoms with Crippen LogP contribution in [0.4, 0.5) is 0 Å². The van der Waals surface area contributed by atoms with Crippen LogP contribution in [0, 0.1) is 0 Å². The molecule has 0 aliphatic heterocycles. The maximum atomic E-state index is 11.7. The molecule has 0 radical (unpaired) electrons. The molecule has 1 aromatic heterocycles. The average molecular weight is 316 g/mol. The van der Waals surface area contributed by atoms with Gasteiger partial charge in [0.25, 0.3) is 0 Å². The maximum Gasteiger partial charge on any atom is 0.344 e. The first-order valence-corrected chi connectivity index (χ1v) is 7.91. The number of nitrogens with zero attached hydrogens (tertiary/aromatic N) is 2. The van der Waals surface area contributed by atoms with Crippen molar-refractivity contribution in [3.8, 4) is 0 Å². The molecule has 0 bridgehead atoms. The molecule has 0 saturated heterocycles. The molecular formula is C13H24N4O3S. The van der Waals surface area contributed by atoms with Crippen molar-refractivity contribution < 1.29 is 9.90 Å². The Balaban J connectivity index is 2.84. The average Bonchev–Trinajstić information content (AvgIpc) is 2.70. The summed E-state index contributed by atoms with van der Waals surface area (Å²) in [5.74, 6) is -0.875. The van der Waals surface area contributed by atoms with Crippen LogP contribution >= 0.6 is 11.8 Å². The summed E-state index contributed by atoms with van der Waals surface area (Å²) >= 11 is 1.41. The maximum absolute atomic E-state index is 11.7. The van der Waals surface area contributed by atoms with E-state index in [2.05, 4.69) is 15.5 Å². The molecule has 1 aromatic rings. The van der Waals surface area contributed by atoms with E-state index in [1.165, 1.54) is 11.8 Å². The highest BCUT2D eigenvalue weighted by Gasteiger charge is 2.34. The summed E-state index contributed by atoms with van der Waals surface area (Å²) in [4.78, 5) is 23.1. The number of hydrogen-bond donors (Lipinski definition) is 3. The second-order valence-electron chi connectivity index (χ2n) is 5.58. The van der Waals surface area contributed by atoms with Crippen LogP contribution < -0.4 is 11.0 Å². The minimum absolute atomic E-state index is 0.00199. The van der Waals surface area contributed by atoms with E-state index in [1.54, 1.807) is 11.5 Å². The number of H-pyrrole nitrogens is 1. The second-order valence-corrected chi connectivity index (χ2v) is 6.98. The van der Waals surface area contributed by atoms with Gasteiger partial charge in [-0.1, -0.05) is 25.6 Å². The minimum atomic E-state index is -0.986. The van der Waals surface area contributed by atoms with Gasteiger partial charge < -0.3 is 10.4 Å². The number of aromatic amines is 1. The third-order valence-corrected chi connectivity index (χ3v) is 4.30. The number of hydrogen-bond acceptors (Lipinski definition) is 5. The van der Waals surface area contributed by atoms with Crippen molar-refractivity contribution >= 4 is 17.7 Å². The van der Waals surface area contributed by atoms with Gasteiger partial charge in [0, 0.05) is 11.3 Å². The molecule has 0 fully saturated rings. The standard InChI is InChI=1S/C13H24N4O3S/c1-6-14-13(5,10(18)19)7-9(4)21-12-16-15-11(20)17(12)8(2)3/h8-9,14H,6-7H2,1-5H3,(H,15,20)(H,18,19). The summed E-state index contributed by atoms with van der Waals surface area (Å²) in [5, 5.41) is 19.4. The molecule has 3 N–H and O–H groups in total. The number of thioether (sulfide) groups is 1. The quantitative estimate of drug-likeness (QED) is 0.628. The van der Waals surface area contributed by atoms with Crippen LogP contribution in [-0.2, 0) is 4.79 Å². The Morgan fingerprint density at radius 1 is 1.52 bits per heavy atom. The third kappa shape index (κ3) is 4.34. The van der Waals surface area contributed by atoms with Gasteiger partial charge in [-0.3, -0.25) is 9.36 Å². The van der Waals surface area contributed by atoms with E-state index in [-0.39, 0.29) is 17.0 Å². The molecule has 0 aromatic carbocycles. The van der Waals surface area contributed by atoms with Crippen LogP contribution in [0.15, 0.2) is 9.95 Å². The monoisotopic (exact) mass is 316 g/mol. The molecule has 2 unspecified atom stereocenters. The Kier molecular flexibility index (Phi) is 6.03. The topological polar surface area (TPSA) is 100 Å². The highest BCUT2D eigenvalue weighted by molar-refractivity contribution is 7.99. The molecular weight excluding hydrogens is 292 g/mol. The molecule has 1 heterocycles. The summed E-state index contributed by atoms with van der Waals surface area (Å²) in [6, 6.07) is 0.00516. The first kappa shape index (κ1) is 17.8. The summed E-state index contributed by atoms with van der Waals surface area (Å²) in [6.07, 6.45) is 0.431. The van der Waals surface area contributed by atoms with E-state index in [1.807, 2.05) is 27.7 Å². The molecule has 0 saturated carbocycles. The number of rotatable bonds is 8. The zero-order chi connectivity index (χ0) is 16.2. The fraction of sp³-hybridized carbons (Fsp3) is 0.769. The van der Waals surface area contributed by atoms with Gasteiger partial charge in [-0.2, -0.15) is 0 Å². The van der Waals surface area contributed by atoms with Crippen LogP contribution in [0.3, 0.4) is 0 Å². The number of nitrogens with one attached hydrogen (secondary N) is 2. The summed E-state index contributed by atoms with van der Waals surface area (Å²) in [5.41, 5.74) is -1.23. The van der Waals surface area contributed by atoms with Gasteiger partial charge >= 0.3 is 11.7 Å². The van der Waals surface area contributed by atoms with Gasteiger partial charge in [0.2, 0.25) is 0 Å². The van der Waals surface area contributed by atoms with Crippen molar-refractivity contribution in [2.24, 2.45) is 0 Å². The Labute approximate surface area is 128 Å². The largest absolute Gasteiger partial charge is 0.480 e. The lowest BCUT2D eigenvalue weighted by atomic mass is 9.96. The molecule has 120 valence electrons. The molecule has 7 nitrogen and oxygen atoms in total. The molecule has 1 rings (SSSR count). The predicted molar refractivity (Wildman–Crippen MR) is 82.9 cm³/mol. The highest BCUT2D eigenvalue weighted by Crippen LogP contribution is 2.28. The van der Waals surface area contributed by atoms with Gasteiger partial charge in [-0.15, -0.1) is 5.10 Å². The first-order chi connectivity index (χ1) is 9.71. The van der Waals surface area contributed by atoms with E-state index in [0.29, 0.717) is 18.1 Å². The summed E-state index contributed by atoms with van der Waals surface area (Å²) in [7, 11) is 0. The van der Waals surface area contributed by atoms with Crippen molar-refractivity contribution in [2.45, 2.75) is 63.0 Å². The Hall–Kier alpha value is -1.28. The van der Waals surface area contributed by atoms with Crippen LogP contribution in [0.2, 0.25) is 0 Å². The van der Waals surface area contributed by atoms with Crippen LogP contribution in [0.1, 0.15) is 47.1 Å². The van der Waals surface area contributed by atoms with E-state index < -0.39 is 11.5 Å². The number of carboxylic acids is 1. The SMILES string of the molecule is CCNC(C)(CC(C)Sc1n[nH]c(=O)n1C(C)C)C(=O)O. The van der Waals surface area contributed by atoms with Gasteiger partial charge in [-0.05, 0) is 33.7 Å². The summed E-state index contributed by atoms with van der Waals surface area (Å²) in [6.45, 7) is 9.89. The third-order valence-electron chi connectivity index (χ3n) is 3.23. The number of carboxylic acid groups (broad SMARTS) is 1. The van der Waals surface area contributed by atoms with Gasteiger partial charge in [0.15, 0.2) is 5.16 Å². The van der Waals surface area contributed by atoms with E-state index in [4.69, 9.17) is 0 Å². The van der Waals surface area contributed by atoms with E-state index >= 15 is 0 Å². The smallest absolute Gasteiger partial charge is 0.344 e. The van der Waals surface area contributed by atoms with E-state index in [0.717, 1.165) is 0 Å². The zero-order valence-corrected chi connectivity index (χ0v) is 14.0. The lowest BCUT2D eigenvalue weighted by Crippen LogP contribution is -2.50. The van der Waals surface area contributed by atoms with Crippen molar-refractivity contribution in [2.75, 3.05) is 6.54 Å². The van der Waals surface area contributed by atoms with Crippen molar-refractivity contribution in [1.29, 1.82) is 0 Å². The number of aliphatic carboxylic acids is 1. The zero-order valence-electron chi connectivity index (χ0n) is 13.1. The Bertz CT molecular complexity index is 540. The van der Waals surface area contributed by atoms with E-state index in [9.17, 15) is 14.7 Å². The van der Waals surface area contributed by atoms with Crippen LogP contribution in [-0.4, -0.2) is 43.2 Å². The lowest BCUT2D eigenvalue weighted by Gasteiger charge is -2.28. The van der Waals surface area contributed by atoms with Crippen LogP contribution in [0.25, 0.3) is 0 Å². The second kappa shape index (κ2) is 7.13. The molecule has 8 heteroatoms. The molecule has 2 atom stereocenters. The fourth-order valence-corrected chi connectivity index (χ4v) is 3.53. The molecule has 21 heavy (non-hydrogen) atoms. The molecule has 0 aliphatic rings. The summed E-state index contributed by atoms with van der Waals surface area (Å²) < 4.78 is 1.58. The van der Waals surface area contributed by atoms with Crippen molar-refractivity contribution in [1.82, 2.24) is 20.1 Å². The normalized spacial score (nSPS) is 15.9. The van der Waals surface area contributed by atoms with Crippen LogP contribution in [0.5, 0.6) is 0 Å². The molecule has 0 aliphatic carbocycles. The molecule has 0 spiro atoms. The fourth-order valence-electron chi connectivity index (χ4n) is 2.25. The number of aromatic nitrogens is 3. The number of likely N-dealkylation sites (N-methyl/N-ethyl adjacent to an activating group) is 1. The van der Waals surface area contributed by atoms with Gasteiger partial charge in [0.1, 0.15) is 5.54 Å². The van der Waals surface area contributed by atoms with Gasteiger partial charge in [-0.25, -0.2) is 9.89 Å².